The number of hydrogen-bond donors (Lipinski definition) is 5. The molecule has 6 atom stereocenters. The van der Waals surface area contributed by atoms with Crippen LogP contribution in [0, 0.1) is 0 Å². The van der Waals surface area contributed by atoms with Gasteiger partial charge in [-0.2, -0.15) is 0 Å². The smallest absolute Gasteiger partial charge is 0.285 e. The van der Waals surface area contributed by atoms with Gasteiger partial charge >= 0.3 is 0 Å². The Morgan fingerprint density at radius 2 is 2.10 bits per heavy atom. The second-order valence-electron chi connectivity index (χ2n) is 4.81. The molecule has 10 heteroatoms. The van der Waals surface area contributed by atoms with E-state index in [-0.39, 0.29) is 12.6 Å². The Bertz CT molecular complexity index is 437. The molecule has 3 aliphatic heterocycles. The highest BCUT2D eigenvalue weighted by atomic mass is 32.2. The summed E-state index contributed by atoms with van der Waals surface area (Å²) in [5.41, 5.74) is 0. The predicted octanol–water partition coefficient (Wildman–Crippen LogP) is -3.03. The average Bonchev–Trinajstić information content (AvgIpc) is 2.90. The van der Waals surface area contributed by atoms with Gasteiger partial charge in [0.1, 0.15) is 29.7 Å². The van der Waals surface area contributed by atoms with Crippen molar-refractivity contribution in [2.24, 2.45) is 0 Å². The molecule has 5 N–H and O–H groups in total. The van der Waals surface area contributed by atoms with Crippen molar-refractivity contribution in [3.8, 4) is 0 Å². The first kappa shape index (κ1) is 14.0. The molecule has 0 radical (unpaired) electrons. The van der Waals surface area contributed by atoms with Crippen LogP contribution in [0.15, 0.2) is 0 Å². The van der Waals surface area contributed by atoms with Crippen molar-refractivity contribution in [3.05, 3.63) is 0 Å². The molecule has 20 heavy (non-hydrogen) atoms. The van der Waals surface area contributed by atoms with Gasteiger partial charge in [-0.25, -0.2) is 0 Å². The van der Waals surface area contributed by atoms with Crippen LogP contribution < -0.4 is 10.6 Å². The van der Waals surface area contributed by atoms with Crippen molar-refractivity contribution in [1.29, 1.82) is 0 Å². The quantitative estimate of drug-likeness (QED) is 0.364. The zero-order valence-corrected chi connectivity index (χ0v) is 11.1. The van der Waals surface area contributed by atoms with Gasteiger partial charge in [-0.3, -0.25) is 19.8 Å². The van der Waals surface area contributed by atoms with Crippen molar-refractivity contribution >= 4 is 22.9 Å². The molecular weight excluding hydrogens is 290 g/mol. The number of aliphatic hydroxyl groups is 3. The molecular formula is C10H15N3O6S. The van der Waals surface area contributed by atoms with Crippen LogP contribution in [0.25, 0.3) is 0 Å². The minimum Gasteiger partial charge on any atom is -0.394 e. The lowest BCUT2D eigenvalue weighted by Crippen LogP contribution is -2.63. The maximum Gasteiger partial charge on any atom is 0.285 e. The van der Waals surface area contributed by atoms with Crippen molar-refractivity contribution in [1.82, 2.24) is 15.5 Å². The minimum absolute atomic E-state index is 0.207. The molecule has 3 heterocycles. The Hall–Kier alpha value is -0.910. The fourth-order valence-corrected chi connectivity index (χ4v) is 3.71. The summed E-state index contributed by atoms with van der Waals surface area (Å²) >= 11 is 0.842. The predicted molar refractivity (Wildman–Crippen MR) is 66.3 cm³/mol. The molecule has 3 rings (SSSR count). The van der Waals surface area contributed by atoms with Crippen molar-refractivity contribution in [2.75, 3.05) is 13.3 Å². The largest absolute Gasteiger partial charge is 0.394 e. The van der Waals surface area contributed by atoms with E-state index in [1.54, 1.807) is 0 Å². The molecule has 3 fully saturated rings. The fraction of sp³-hybridized carbons (Fsp3) is 0.800. The van der Waals surface area contributed by atoms with E-state index >= 15 is 0 Å². The summed E-state index contributed by atoms with van der Waals surface area (Å²) in [6, 6.07) is 0. The standard InChI is InChI=1S/C10H15N3O6S/c14-1-3-4(15)5(16)9(19-3)13-7-6(20-10(13)18)8(17)12-2-11-7/h3-7,9,11,14-16H,1-2H2,(H,12,17)/t3-,4-,5-,6?,7?,9-/m1/s1. The molecule has 0 aromatic carbocycles. The van der Waals surface area contributed by atoms with Gasteiger partial charge in [0, 0.05) is 0 Å². The highest BCUT2D eigenvalue weighted by molar-refractivity contribution is 8.15. The topological polar surface area (TPSA) is 131 Å². The summed E-state index contributed by atoms with van der Waals surface area (Å²) in [4.78, 5) is 25.0. The molecule has 3 aliphatic rings. The Kier molecular flexibility index (Phi) is 3.60. The van der Waals surface area contributed by atoms with Gasteiger partial charge in [0.2, 0.25) is 5.91 Å². The number of aliphatic hydroxyl groups excluding tert-OH is 3. The number of thioether (sulfide) groups is 1. The Morgan fingerprint density at radius 1 is 1.35 bits per heavy atom. The minimum atomic E-state index is -1.33. The van der Waals surface area contributed by atoms with Crippen LogP contribution in [0.4, 0.5) is 4.79 Å². The van der Waals surface area contributed by atoms with E-state index in [0.717, 1.165) is 11.8 Å². The van der Waals surface area contributed by atoms with Gasteiger partial charge in [-0.1, -0.05) is 0 Å². The molecule has 0 saturated carbocycles. The third-order valence-corrected chi connectivity index (χ3v) is 4.79. The molecule has 0 spiro atoms. The lowest BCUT2D eigenvalue weighted by Gasteiger charge is -2.35. The van der Waals surface area contributed by atoms with Gasteiger partial charge in [0.25, 0.3) is 5.24 Å². The first-order valence-electron chi connectivity index (χ1n) is 6.17. The monoisotopic (exact) mass is 305 g/mol. The Balaban J connectivity index is 1.83. The molecule has 0 aromatic rings. The lowest BCUT2D eigenvalue weighted by molar-refractivity contribution is -0.127. The van der Waals surface area contributed by atoms with Crippen LogP contribution in [-0.2, 0) is 9.53 Å². The normalized spacial score (nSPS) is 44.6. The summed E-state index contributed by atoms with van der Waals surface area (Å²) < 4.78 is 5.34. The van der Waals surface area contributed by atoms with Crippen molar-refractivity contribution < 1.29 is 29.6 Å². The highest BCUT2D eigenvalue weighted by Crippen LogP contribution is 2.37. The van der Waals surface area contributed by atoms with Gasteiger partial charge in [0.05, 0.1) is 13.3 Å². The number of carbonyl (C=O) groups is 2. The van der Waals surface area contributed by atoms with Crippen LogP contribution >= 0.6 is 11.8 Å². The number of fused-ring (bicyclic) bond motifs is 1. The number of nitrogens with zero attached hydrogens (tertiary/aromatic N) is 1. The molecule has 9 nitrogen and oxygen atoms in total. The van der Waals surface area contributed by atoms with Crippen molar-refractivity contribution in [3.63, 3.8) is 0 Å². The number of hydrogen-bond acceptors (Lipinski definition) is 8. The van der Waals surface area contributed by atoms with E-state index in [0.29, 0.717) is 0 Å². The number of rotatable bonds is 2. The van der Waals surface area contributed by atoms with Gasteiger partial charge in [-0.05, 0) is 11.8 Å². The maximum atomic E-state index is 12.1. The molecule has 112 valence electrons. The molecule has 2 amide bonds. The highest BCUT2D eigenvalue weighted by Gasteiger charge is 2.55. The van der Waals surface area contributed by atoms with Crippen LogP contribution in [0.3, 0.4) is 0 Å². The third-order valence-electron chi connectivity index (χ3n) is 3.65. The first-order chi connectivity index (χ1) is 9.54. The molecule has 3 saturated heterocycles. The zero-order chi connectivity index (χ0) is 14.4. The number of ether oxygens (including phenoxy) is 1. The maximum absolute atomic E-state index is 12.1. The Labute approximate surface area is 118 Å². The summed E-state index contributed by atoms with van der Waals surface area (Å²) in [6.45, 7) is -0.259. The van der Waals surface area contributed by atoms with E-state index in [1.807, 2.05) is 0 Å². The fourth-order valence-electron chi connectivity index (χ4n) is 2.61. The number of carbonyl (C=O) groups excluding carboxylic acids is 2. The summed E-state index contributed by atoms with van der Waals surface area (Å²) in [5, 5.41) is 33.3. The van der Waals surface area contributed by atoms with Crippen LogP contribution in [0.1, 0.15) is 0 Å². The van der Waals surface area contributed by atoms with E-state index in [4.69, 9.17) is 9.84 Å². The average molecular weight is 305 g/mol. The van der Waals surface area contributed by atoms with Gasteiger partial charge < -0.3 is 25.4 Å². The SMILES string of the molecule is O=C1NCNC2C1SC(=O)N2[C@@H]1O[C@H](CO)[C@@H](O)[C@H]1O. The van der Waals surface area contributed by atoms with Crippen molar-refractivity contribution in [2.45, 2.75) is 36.0 Å². The molecule has 0 bridgehead atoms. The van der Waals surface area contributed by atoms with Gasteiger partial charge in [-0.15, -0.1) is 0 Å². The summed E-state index contributed by atoms with van der Waals surface area (Å²) in [5.74, 6) is -0.263. The molecule has 0 aliphatic carbocycles. The molecule has 0 aromatic heterocycles. The first-order valence-corrected chi connectivity index (χ1v) is 7.05. The van der Waals surface area contributed by atoms with Crippen LogP contribution in [0.5, 0.6) is 0 Å². The second kappa shape index (κ2) is 5.13. The van der Waals surface area contributed by atoms with Crippen LogP contribution in [0.2, 0.25) is 0 Å². The zero-order valence-electron chi connectivity index (χ0n) is 10.3. The summed E-state index contributed by atoms with van der Waals surface area (Å²) in [7, 11) is 0. The van der Waals surface area contributed by atoms with Gasteiger partial charge in [0.15, 0.2) is 6.23 Å². The number of nitrogens with one attached hydrogen (secondary N) is 2. The second-order valence-corrected chi connectivity index (χ2v) is 5.90. The Morgan fingerprint density at radius 3 is 2.75 bits per heavy atom. The molecule has 2 unspecified atom stereocenters. The lowest BCUT2D eigenvalue weighted by atomic mass is 10.1. The van der Waals surface area contributed by atoms with E-state index in [2.05, 4.69) is 10.6 Å². The number of amides is 2. The third kappa shape index (κ3) is 2.00. The van der Waals surface area contributed by atoms with Crippen LogP contribution in [-0.4, -0.2) is 80.6 Å². The summed E-state index contributed by atoms with van der Waals surface area (Å²) in [6.07, 6.45) is -5.26. The van der Waals surface area contributed by atoms with E-state index in [1.165, 1.54) is 4.90 Å². The van der Waals surface area contributed by atoms with E-state index in [9.17, 15) is 19.8 Å². The van der Waals surface area contributed by atoms with E-state index < -0.39 is 47.8 Å².